The molecule has 0 amide bonds. The van der Waals surface area contributed by atoms with Gasteiger partial charge in [-0.15, -0.1) is 0 Å². The number of nitrogens with zero attached hydrogens (tertiary/aromatic N) is 3. The molecule has 2 heterocycles. The number of ether oxygens (including phenoxy) is 1. The average molecular weight is 323 g/mol. The Bertz CT molecular complexity index is 562. The fourth-order valence-corrected chi connectivity index (χ4v) is 1.70. The lowest BCUT2D eigenvalue weighted by molar-refractivity contribution is 0.452. The molecule has 2 rings (SSSR count). The Morgan fingerprint density at radius 2 is 2.21 bits per heavy atom. The van der Waals surface area contributed by atoms with E-state index < -0.39 is 0 Å². The van der Waals surface area contributed by atoms with Crippen molar-refractivity contribution in [3.05, 3.63) is 34.7 Å². The van der Waals surface area contributed by atoms with Crippen LogP contribution in [0.4, 0.5) is 5.95 Å². The molecule has 0 unspecified atom stereocenters. The quantitative estimate of drug-likeness (QED) is 0.912. The molecule has 0 bridgehead atoms. The summed E-state index contributed by atoms with van der Waals surface area (Å²) in [6.45, 7) is 4.80. The van der Waals surface area contributed by atoms with E-state index in [2.05, 4.69) is 43.1 Å². The third-order valence-corrected chi connectivity index (χ3v) is 2.95. The van der Waals surface area contributed by atoms with E-state index >= 15 is 0 Å². The normalized spacial score (nSPS) is 10.3. The first-order valence-electron chi connectivity index (χ1n) is 6.06. The Hall–Kier alpha value is -1.69. The van der Waals surface area contributed by atoms with Crippen LogP contribution < -0.4 is 10.1 Å². The number of aromatic nitrogens is 3. The first-order valence-corrected chi connectivity index (χ1v) is 6.86. The molecule has 2 aromatic rings. The molecule has 1 N–H and O–H groups in total. The van der Waals surface area contributed by atoms with E-state index in [1.807, 2.05) is 19.1 Å². The van der Waals surface area contributed by atoms with Gasteiger partial charge < -0.3 is 10.1 Å². The Balaban J connectivity index is 2.21. The Kier molecular flexibility index (Phi) is 4.68. The summed E-state index contributed by atoms with van der Waals surface area (Å²) in [7, 11) is 0. The number of aryl methyl sites for hydroxylation is 1. The molecule has 0 radical (unpaired) electrons. The van der Waals surface area contributed by atoms with Crippen LogP contribution in [0.1, 0.15) is 19.0 Å². The number of halogens is 1. The van der Waals surface area contributed by atoms with Crippen LogP contribution in [-0.2, 0) is 0 Å². The number of anilines is 1. The molecule has 0 aliphatic carbocycles. The Morgan fingerprint density at radius 3 is 2.95 bits per heavy atom. The smallest absolute Gasteiger partial charge is 0.238 e. The summed E-state index contributed by atoms with van der Waals surface area (Å²) in [6.07, 6.45) is 4.41. The van der Waals surface area contributed by atoms with Gasteiger partial charge in [0.2, 0.25) is 11.8 Å². The van der Waals surface area contributed by atoms with Crippen molar-refractivity contribution in [3.8, 4) is 11.6 Å². The van der Waals surface area contributed by atoms with Gasteiger partial charge in [0.25, 0.3) is 0 Å². The van der Waals surface area contributed by atoms with Gasteiger partial charge in [0, 0.05) is 12.7 Å². The van der Waals surface area contributed by atoms with Crippen LogP contribution in [0.5, 0.6) is 11.6 Å². The predicted octanol–water partition coefficient (Wildman–Crippen LogP) is 3.56. The van der Waals surface area contributed by atoms with Crippen molar-refractivity contribution in [2.24, 2.45) is 0 Å². The minimum absolute atomic E-state index is 0.477. The van der Waals surface area contributed by atoms with Crippen molar-refractivity contribution in [2.45, 2.75) is 20.3 Å². The largest absolute Gasteiger partial charge is 0.436 e. The monoisotopic (exact) mass is 322 g/mol. The molecule has 0 atom stereocenters. The number of pyridine rings is 1. The standard InChI is InChI=1S/C13H15BrN4O/c1-3-6-16-13-17-8-10(14)12(18-13)19-11-5-4-7-15-9(11)2/h4-5,7-8H,3,6H2,1-2H3,(H,16,17,18). The lowest BCUT2D eigenvalue weighted by Crippen LogP contribution is -2.05. The summed E-state index contributed by atoms with van der Waals surface area (Å²) < 4.78 is 6.47. The minimum Gasteiger partial charge on any atom is -0.436 e. The zero-order valence-electron chi connectivity index (χ0n) is 10.9. The molecule has 0 aromatic carbocycles. The Labute approximate surface area is 120 Å². The number of nitrogens with one attached hydrogen (secondary N) is 1. The highest BCUT2D eigenvalue weighted by atomic mass is 79.9. The van der Waals surface area contributed by atoms with Gasteiger partial charge in [-0.25, -0.2) is 4.98 Å². The highest BCUT2D eigenvalue weighted by Crippen LogP contribution is 2.28. The molecule has 0 fully saturated rings. The molecule has 0 aliphatic rings. The number of hydrogen-bond acceptors (Lipinski definition) is 5. The van der Waals surface area contributed by atoms with Gasteiger partial charge in [-0.1, -0.05) is 6.92 Å². The fraction of sp³-hybridized carbons (Fsp3) is 0.308. The molecule has 5 nitrogen and oxygen atoms in total. The van der Waals surface area contributed by atoms with Gasteiger partial charge in [0.1, 0.15) is 0 Å². The van der Waals surface area contributed by atoms with Crippen molar-refractivity contribution < 1.29 is 4.74 Å². The highest BCUT2D eigenvalue weighted by Gasteiger charge is 2.09. The minimum atomic E-state index is 0.477. The molecule has 19 heavy (non-hydrogen) atoms. The third kappa shape index (κ3) is 3.64. The maximum Gasteiger partial charge on any atom is 0.238 e. The van der Waals surface area contributed by atoms with Crippen LogP contribution in [0.25, 0.3) is 0 Å². The molecule has 0 saturated carbocycles. The zero-order chi connectivity index (χ0) is 13.7. The zero-order valence-corrected chi connectivity index (χ0v) is 12.4. The van der Waals surface area contributed by atoms with Crippen molar-refractivity contribution in [3.63, 3.8) is 0 Å². The summed E-state index contributed by atoms with van der Waals surface area (Å²) in [6, 6.07) is 3.68. The molecule has 0 saturated heterocycles. The van der Waals surface area contributed by atoms with E-state index in [-0.39, 0.29) is 0 Å². The first kappa shape index (κ1) is 13.7. The van der Waals surface area contributed by atoms with Gasteiger partial charge in [-0.05, 0) is 41.4 Å². The van der Waals surface area contributed by atoms with E-state index in [1.54, 1.807) is 12.4 Å². The van der Waals surface area contributed by atoms with Crippen LogP contribution in [0.2, 0.25) is 0 Å². The molecule has 6 heteroatoms. The van der Waals surface area contributed by atoms with Crippen molar-refractivity contribution in [2.75, 3.05) is 11.9 Å². The molecular formula is C13H15BrN4O. The molecule has 2 aromatic heterocycles. The van der Waals surface area contributed by atoms with E-state index in [4.69, 9.17) is 4.74 Å². The van der Waals surface area contributed by atoms with Crippen molar-refractivity contribution in [1.29, 1.82) is 0 Å². The van der Waals surface area contributed by atoms with Crippen LogP contribution in [0.15, 0.2) is 29.0 Å². The summed E-state index contributed by atoms with van der Waals surface area (Å²) in [5, 5.41) is 3.12. The predicted molar refractivity (Wildman–Crippen MR) is 77.6 cm³/mol. The van der Waals surface area contributed by atoms with E-state index in [1.165, 1.54) is 0 Å². The van der Waals surface area contributed by atoms with E-state index in [0.29, 0.717) is 22.1 Å². The number of rotatable bonds is 5. The molecule has 0 aliphatic heterocycles. The van der Waals surface area contributed by atoms with Gasteiger partial charge in [-0.3, -0.25) is 4.98 Å². The molecule has 0 spiro atoms. The van der Waals surface area contributed by atoms with E-state index in [0.717, 1.165) is 18.7 Å². The van der Waals surface area contributed by atoms with Gasteiger partial charge >= 0.3 is 0 Å². The highest BCUT2D eigenvalue weighted by molar-refractivity contribution is 9.10. The SMILES string of the molecule is CCCNc1ncc(Br)c(Oc2cccnc2C)n1. The van der Waals surface area contributed by atoms with Crippen LogP contribution in [0.3, 0.4) is 0 Å². The Morgan fingerprint density at radius 1 is 1.37 bits per heavy atom. The fourth-order valence-electron chi connectivity index (χ4n) is 1.43. The van der Waals surface area contributed by atoms with Crippen LogP contribution in [0, 0.1) is 6.92 Å². The third-order valence-electron chi connectivity index (χ3n) is 2.41. The maximum absolute atomic E-state index is 5.76. The van der Waals surface area contributed by atoms with Gasteiger partial charge in [0.05, 0.1) is 16.4 Å². The van der Waals surface area contributed by atoms with Crippen molar-refractivity contribution in [1.82, 2.24) is 15.0 Å². The summed E-state index contributed by atoms with van der Waals surface area (Å²) in [5.74, 6) is 1.72. The topological polar surface area (TPSA) is 59.9 Å². The van der Waals surface area contributed by atoms with Crippen LogP contribution in [-0.4, -0.2) is 21.5 Å². The second-order valence-electron chi connectivity index (χ2n) is 3.96. The molecular weight excluding hydrogens is 308 g/mol. The van der Waals surface area contributed by atoms with E-state index in [9.17, 15) is 0 Å². The van der Waals surface area contributed by atoms with Crippen LogP contribution >= 0.6 is 15.9 Å². The number of hydrogen-bond donors (Lipinski definition) is 1. The molecule has 100 valence electrons. The lowest BCUT2D eigenvalue weighted by Gasteiger charge is -2.10. The average Bonchev–Trinajstić information content (AvgIpc) is 2.42. The second-order valence-corrected chi connectivity index (χ2v) is 4.82. The first-order chi connectivity index (χ1) is 9.20. The summed E-state index contributed by atoms with van der Waals surface area (Å²) >= 11 is 3.38. The lowest BCUT2D eigenvalue weighted by atomic mass is 10.3. The van der Waals surface area contributed by atoms with Gasteiger partial charge in [0.15, 0.2) is 5.75 Å². The second kappa shape index (κ2) is 6.47. The van der Waals surface area contributed by atoms with Gasteiger partial charge in [-0.2, -0.15) is 4.98 Å². The summed E-state index contributed by atoms with van der Waals surface area (Å²) in [4.78, 5) is 12.7. The maximum atomic E-state index is 5.76. The summed E-state index contributed by atoms with van der Waals surface area (Å²) in [5.41, 5.74) is 0.816. The van der Waals surface area contributed by atoms with Crippen molar-refractivity contribution >= 4 is 21.9 Å².